The number of carbonyl (C=O) groups excluding carboxylic acids is 1. The van der Waals surface area contributed by atoms with Gasteiger partial charge in [-0.1, -0.05) is 30.3 Å². The molecule has 1 N–H and O–H groups in total. The first-order valence-electron chi connectivity index (χ1n) is 10.8. The number of rotatable bonds is 10. The van der Waals surface area contributed by atoms with E-state index >= 15 is 0 Å². The fourth-order valence-electron chi connectivity index (χ4n) is 3.44. The van der Waals surface area contributed by atoms with Gasteiger partial charge in [0.05, 0.1) is 10.6 Å². The van der Waals surface area contributed by atoms with Crippen molar-refractivity contribution in [2.45, 2.75) is 25.3 Å². The standard InChI is InChI=1S/C25H28IN3O3S/c1-3-28(4-2)22-14-10-20(11-15-22)18-27-25(30)19-29(23-16-12-21(26)13-17-23)33(31,32)24-8-6-5-7-9-24/h5-17H,3-4,18-19H2,1-2H3,(H,27,30). The van der Waals surface area contributed by atoms with Crippen LogP contribution >= 0.6 is 22.6 Å². The number of halogens is 1. The van der Waals surface area contributed by atoms with Crippen LogP contribution in [0.3, 0.4) is 0 Å². The summed E-state index contributed by atoms with van der Waals surface area (Å²) in [6.07, 6.45) is 0. The number of nitrogens with one attached hydrogen (secondary N) is 1. The third-order valence-corrected chi connectivity index (χ3v) is 7.79. The number of sulfonamides is 1. The van der Waals surface area contributed by atoms with Crippen LogP contribution in [0.1, 0.15) is 19.4 Å². The average Bonchev–Trinajstić information content (AvgIpc) is 2.84. The molecule has 0 aliphatic heterocycles. The number of hydrogen-bond donors (Lipinski definition) is 1. The highest BCUT2D eigenvalue weighted by Crippen LogP contribution is 2.24. The van der Waals surface area contributed by atoms with Crippen molar-refractivity contribution in [3.63, 3.8) is 0 Å². The highest BCUT2D eigenvalue weighted by molar-refractivity contribution is 14.1. The molecule has 0 heterocycles. The summed E-state index contributed by atoms with van der Waals surface area (Å²) in [5.74, 6) is -0.374. The Labute approximate surface area is 209 Å². The Morgan fingerprint density at radius 2 is 1.42 bits per heavy atom. The van der Waals surface area contributed by atoms with Crippen LogP contribution in [0.25, 0.3) is 0 Å². The Morgan fingerprint density at radius 3 is 2.00 bits per heavy atom. The normalized spacial score (nSPS) is 11.1. The predicted molar refractivity (Wildman–Crippen MR) is 142 cm³/mol. The second-order valence-electron chi connectivity index (χ2n) is 7.42. The Kier molecular flexibility index (Phi) is 8.74. The topological polar surface area (TPSA) is 69.7 Å². The number of amides is 1. The minimum Gasteiger partial charge on any atom is -0.372 e. The van der Waals surface area contributed by atoms with Gasteiger partial charge in [-0.2, -0.15) is 0 Å². The first kappa shape index (κ1) is 25.0. The van der Waals surface area contributed by atoms with Crippen molar-refractivity contribution in [1.82, 2.24) is 5.32 Å². The summed E-state index contributed by atoms with van der Waals surface area (Å²) >= 11 is 2.16. The molecule has 0 saturated carbocycles. The highest BCUT2D eigenvalue weighted by Gasteiger charge is 2.27. The Balaban J connectivity index is 1.75. The predicted octanol–water partition coefficient (Wildman–Crippen LogP) is 4.65. The molecule has 0 radical (unpaired) electrons. The van der Waals surface area contributed by atoms with Crippen LogP contribution in [-0.4, -0.2) is 34.0 Å². The summed E-state index contributed by atoms with van der Waals surface area (Å²) in [6.45, 7) is 6.09. The molecule has 6 nitrogen and oxygen atoms in total. The number of anilines is 2. The van der Waals surface area contributed by atoms with Gasteiger partial charge in [0.2, 0.25) is 5.91 Å². The van der Waals surface area contributed by atoms with E-state index in [1.165, 1.54) is 12.1 Å². The van der Waals surface area contributed by atoms with Crippen molar-refractivity contribution in [3.05, 3.63) is 88.0 Å². The van der Waals surface area contributed by atoms with Gasteiger partial charge in [0.25, 0.3) is 10.0 Å². The summed E-state index contributed by atoms with van der Waals surface area (Å²) in [6, 6.07) is 23.2. The summed E-state index contributed by atoms with van der Waals surface area (Å²) < 4.78 is 28.8. The molecule has 8 heteroatoms. The quantitative estimate of drug-likeness (QED) is 0.357. The summed E-state index contributed by atoms with van der Waals surface area (Å²) in [5, 5.41) is 2.85. The molecule has 0 spiro atoms. The van der Waals surface area contributed by atoms with Gasteiger partial charge in [-0.05, 0) is 90.5 Å². The monoisotopic (exact) mass is 577 g/mol. The van der Waals surface area contributed by atoms with E-state index in [1.807, 2.05) is 36.4 Å². The van der Waals surface area contributed by atoms with E-state index in [2.05, 4.69) is 46.7 Å². The zero-order valence-corrected chi connectivity index (χ0v) is 21.7. The van der Waals surface area contributed by atoms with Gasteiger partial charge in [-0.25, -0.2) is 8.42 Å². The second-order valence-corrected chi connectivity index (χ2v) is 10.5. The Hall–Kier alpha value is -2.59. The van der Waals surface area contributed by atoms with E-state index in [0.717, 1.165) is 32.2 Å². The molecule has 0 aromatic heterocycles. The van der Waals surface area contributed by atoms with Crippen LogP contribution in [0.15, 0.2) is 83.8 Å². The maximum atomic E-state index is 13.3. The first-order chi connectivity index (χ1) is 15.8. The molecule has 174 valence electrons. The molecule has 1 amide bonds. The van der Waals surface area contributed by atoms with Crippen LogP contribution in [-0.2, 0) is 21.4 Å². The van der Waals surface area contributed by atoms with E-state index in [0.29, 0.717) is 12.2 Å². The molecular formula is C25H28IN3O3S. The third-order valence-electron chi connectivity index (χ3n) is 5.29. The fourth-order valence-corrected chi connectivity index (χ4v) is 5.24. The molecule has 0 fully saturated rings. The smallest absolute Gasteiger partial charge is 0.264 e. The molecule has 0 atom stereocenters. The average molecular weight is 577 g/mol. The Morgan fingerprint density at radius 1 is 0.848 bits per heavy atom. The third kappa shape index (κ3) is 6.48. The SMILES string of the molecule is CCN(CC)c1ccc(CNC(=O)CN(c2ccc(I)cc2)S(=O)(=O)c2ccccc2)cc1. The van der Waals surface area contributed by atoms with Crippen molar-refractivity contribution >= 4 is 49.9 Å². The zero-order valence-electron chi connectivity index (χ0n) is 18.7. The Bertz CT molecular complexity index is 1150. The molecule has 3 aromatic carbocycles. The minimum absolute atomic E-state index is 0.142. The molecule has 0 unspecified atom stereocenters. The van der Waals surface area contributed by atoms with E-state index in [9.17, 15) is 13.2 Å². The first-order valence-corrected chi connectivity index (χ1v) is 13.3. The lowest BCUT2D eigenvalue weighted by atomic mass is 10.2. The van der Waals surface area contributed by atoms with Crippen molar-refractivity contribution in [3.8, 4) is 0 Å². The van der Waals surface area contributed by atoms with E-state index in [-0.39, 0.29) is 17.3 Å². The van der Waals surface area contributed by atoms with Gasteiger partial charge >= 0.3 is 0 Å². The minimum atomic E-state index is -3.90. The molecule has 3 aromatic rings. The maximum Gasteiger partial charge on any atom is 0.264 e. The van der Waals surface area contributed by atoms with Crippen LogP contribution in [0, 0.1) is 3.57 Å². The van der Waals surface area contributed by atoms with E-state index in [4.69, 9.17) is 0 Å². The molecule has 0 bridgehead atoms. The lowest BCUT2D eigenvalue weighted by Crippen LogP contribution is -2.40. The summed E-state index contributed by atoms with van der Waals surface area (Å²) in [4.78, 5) is 15.2. The lowest BCUT2D eigenvalue weighted by molar-refractivity contribution is -0.119. The van der Waals surface area contributed by atoms with Gasteiger partial charge in [-0.3, -0.25) is 9.10 Å². The number of benzene rings is 3. The molecular weight excluding hydrogens is 549 g/mol. The fraction of sp³-hybridized carbons (Fsp3) is 0.240. The van der Waals surface area contributed by atoms with Gasteiger partial charge < -0.3 is 10.2 Å². The zero-order chi connectivity index (χ0) is 23.8. The summed E-state index contributed by atoms with van der Waals surface area (Å²) in [7, 11) is -3.90. The van der Waals surface area contributed by atoms with Crippen LogP contribution in [0.4, 0.5) is 11.4 Å². The molecule has 3 rings (SSSR count). The van der Waals surface area contributed by atoms with Crippen LogP contribution < -0.4 is 14.5 Å². The van der Waals surface area contributed by atoms with Gasteiger partial charge in [0.1, 0.15) is 6.54 Å². The van der Waals surface area contributed by atoms with Crippen molar-refractivity contribution in [2.24, 2.45) is 0 Å². The lowest BCUT2D eigenvalue weighted by Gasteiger charge is -2.24. The van der Waals surface area contributed by atoms with Gasteiger partial charge in [0, 0.05) is 28.9 Å². The summed E-state index contributed by atoms with van der Waals surface area (Å²) in [5.41, 5.74) is 2.53. The van der Waals surface area contributed by atoms with Crippen molar-refractivity contribution < 1.29 is 13.2 Å². The molecule has 33 heavy (non-hydrogen) atoms. The van der Waals surface area contributed by atoms with E-state index < -0.39 is 10.0 Å². The number of nitrogens with zero attached hydrogens (tertiary/aromatic N) is 2. The molecule has 0 aliphatic rings. The van der Waals surface area contributed by atoms with Gasteiger partial charge in [0.15, 0.2) is 0 Å². The molecule has 0 aliphatic carbocycles. The van der Waals surface area contributed by atoms with Crippen LogP contribution in [0.2, 0.25) is 0 Å². The van der Waals surface area contributed by atoms with Crippen molar-refractivity contribution in [1.29, 1.82) is 0 Å². The number of carbonyl (C=O) groups is 1. The van der Waals surface area contributed by atoms with Crippen molar-refractivity contribution in [2.75, 3.05) is 28.8 Å². The maximum absolute atomic E-state index is 13.3. The van der Waals surface area contributed by atoms with Crippen LogP contribution in [0.5, 0.6) is 0 Å². The largest absolute Gasteiger partial charge is 0.372 e. The molecule has 0 saturated heterocycles. The van der Waals surface area contributed by atoms with Gasteiger partial charge in [-0.15, -0.1) is 0 Å². The highest BCUT2D eigenvalue weighted by atomic mass is 127. The number of hydrogen-bond acceptors (Lipinski definition) is 4. The second kappa shape index (κ2) is 11.5. The van der Waals surface area contributed by atoms with E-state index in [1.54, 1.807) is 30.3 Å².